The van der Waals surface area contributed by atoms with Gasteiger partial charge in [-0.05, 0) is 44.0 Å². The highest BCUT2D eigenvalue weighted by Crippen LogP contribution is 2.36. The zero-order valence-electron chi connectivity index (χ0n) is 5.90. The highest BCUT2D eigenvalue weighted by Gasteiger charge is 2.06. The Kier molecular flexibility index (Phi) is 2.78. The number of benzene rings is 1. The Labute approximate surface area is 82.0 Å². The quantitative estimate of drug-likeness (QED) is 0.803. The third-order valence-corrected chi connectivity index (χ3v) is 2.73. The number of ether oxygens (including phenoxy) is 1. The van der Waals surface area contributed by atoms with Gasteiger partial charge in [0.2, 0.25) is 0 Å². The normalized spacial score (nSPS) is 9.73. The maximum atomic E-state index is 5.62. The molecule has 4 heteroatoms. The number of hydrogen-bond acceptors (Lipinski definition) is 2. The van der Waals surface area contributed by atoms with Gasteiger partial charge in [-0.2, -0.15) is 0 Å². The summed E-state index contributed by atoms with van der Waals surface area (Å²) < 4.78 is 6.76. The van der Waals surface area contributed by atoms with E-state index in [1.165, 1.54) is 0 Å². The fraction of sp³-hybridized carbons (Fsp3) is 0.143. The fourth-order valence-electron chi connectivity index (χ4n) is 0.735. The summed E-state index contributed by atoms with van der Waals surface area (Å²) in [4.78, 5) is 0. The molecule has 0 unspecified atom stereocenters. The van der Waals surface area contributed by atoms with E-state index in [2.05, 4.69) is 31.9 Å². The van der Waals surface area contributed by atoms with Crippen molar-refractivity contribution in [3.63, 3.8) is 0 Å². The first-order valence-electron chi connectivity index (χ1n) is 2.94. The van der Waals surface area contributed by atoms with Gasteiger partial charge in [0.15, 0.2) is 0 Å². The Balaban J connectivity index is 3.29. The molecular weight excluding hydrogens is 274 g/mol. The molecule has 0 aliphatic heterocycles. The van der Waals surface area contributed by atoms with Crippen LogP contribution in [0.3, 0.4) is 0 Å². The van der Waals surface area contributed by atoms with Crippen LogP contribution in [0.4, 0.5) is 5.69 Å². The Morgan fingerprint density at radius 1 is 1.36 bits per heavy atom. The molecule has 0 saturated heterocycles. The summed E-state index contributed by atoms with van der Waals surface area (Å²) in [5.41, 5.74) is 6.29. The summed E-state index contributed by atoms with van der Waals surface area (Å²) in [6, 6.07) is 3.65. The molecule has 0 fully saturated rings. The number of anilines is 1. The number of hydrogen-bond donors (Lipinski definition) is 1. The minimum Gasteiger partial charge on any atom is -0.494 e. The Morgan fingerprint density at radius 2 is 2.00 bits per heavy atom. The summed E-state index contributed by atoms with van der Waals surface area (Å²) in [7, 11) is 1.60. The first-order chi connectivity index (χ1) is 5.16. The minimum absolute atomic E-state index is 0.671. The second-order valence-electron chi connectivity index (χ2n) is 1.98. The average molecular weight is 281 g/mol. The monoisotopic (exact) mass is 279 g/mol. The van der Waals surface area contributed by atoms with Crippen molar-refractivity contribution in [2.75, 3.05) is 12.8 Å². The Morgan fingerprint density at radius 3 is 2.45 bits per heavy atom. The lowest BCUT2D eigenvalue weighted by Gasteiger charge is -2.06. The summed E-state index contributed by atoms with van der Waals surface area (Å²) in [6.45, 7) is 0. The van der Waals surface area contributed by atoms with Gasteiger partial charge in [-0.1, -0.05) is 0 Å². The van der Waals surface area contributed by atoms with E-state index in [9.17, 15) is 0 Å². The summed E-state index contributed by atoms with van der Waals surface area (Å²) in [5, 5.41) is 0. The predicted molar refractivity (Wildman–Crippen MR) is 52.8 cm³/mol. The molecule has 1 aromatic carbocycles. The van der Waals surface area contributed by atoms with Crippen molar-refractivity contribution in [3.05, 3.63) is 21.1 Å². The maximum absolute atomic E-state index is 5.62. The van der Waals surface area contributed by atoms with Gasteiger partial charge < -0.3 is 10.5 Å². The molecule has 11 heavy (non-hydrogen) atoms. The van der Waals surface area contributed by atoms with E-state index in [1.54, 1.807) is 13.2 Å². The zero-order chi connectivity index (χ0) is 8.43. The number of methoxy groups -OCH3 is 1. The Bertz CT molecular complexity index is 275. The van der Waals surface area contributed by atoms with Crippen LogP contribution in [0.2, 0.25) is 0 Å². The molecule has 0 radical (unpaired) electrons. The lowest BCUT2D eigenvalue weighted by atomic mass is 10.3. The molecule has 0 aliphatic carbocycles. The van der Waals surface area contributed by atoms with E-state index >= 15 is 0 Å². The van der Waals surface area contributed by atoms with Crippen LogP contribution < -0.4 is 10.5 Å². The smallest absolute Gasteiger partial charge is 0.149 e. The van der Waals surface area contributed by atoms with Crippen LogP contribution in [0, 0.1) is 0 Å². The topological polar surface area (TPSA) is 35.2 Å². The molecule has 1 rings (SSSR count). The van der Waals surface area contributed by atoms with Crippen molar-refractivity contribution < 1.29 is 4.74 Å². The van der Waals surface area contributed by atoms with E-state index in [-0.39, 0.29) is 0 Å². The number of nitrogen functional groups attached to an aromatic ring is 1. The lowest BCUT2D eigenvalue weighted by molar-refractivity contribution is 0.410. The van der Waals surface area contributed by atoms with Gasteiger partial charge in [0.05, 0.1) is 16.1 Å². The second kappa shape index (κ2) is 3.45. The van der Waals surface area contributed by atoms with Gasteiger partial charge >= 0.3 is 0 Å². The van der Waals surface area contributed by atoms with Crippen LogP contribution in [0.1, 0.15) is 0 Å². The lowest BCUT2D eigenvalue weighted by Crippen LogP contribution is -1.91. The predicted octanol–water partition coefficient (Wildman–Crippen LogP) is 2.80. The minimum atomic E-state index is 0.671. The van der Waals surface area contributed by atoms with Crippen molar-refractivity contribution in [3.8, 4) is 5.75 Å². The fourth-order valence-corrected chi connectivity index (χ4v) is 2.00. The van der Waals surface area contributed by atoms with Gasteiger partial charge in [0, 0.05) is 5.69 Å². The van der Waals surface area contributed by atoms with Crippen molar-refractivity contribution in [2.24, 2.45) is 0 Å². The van der Waals surface area contributed by atoms with Crippen LogP contribution in [-0.2, 0) is 0 Å². The summed E-state index contributed by atoms with van der Waals surface area (Å²) in [6.07, 6.45) is 0. The number of halogens is 2. The van der Waals surface area contributed by atoms with E-state index in [0.29, 0.717) is 5.69 Å². The summed E-state index contributed by atoms with van der Waals surface area (Å²) in [5.74, 6) is 0.727. The third-order valence-electron chi connectivity index (χ3n) is 1.28. The van der Waals surface area contributed by atoms with Gasteiger partial charge in [-0.15, -0.1) is 0 Å². The van der Waals surface area contributed by atoms with Gasteiger partial charge in [0.25, 0.3) is 0 Å². The molecule has 1 aromatic rings. The standard InChI is InChI=1S/C7H7Br2NO/c1-11-7-4(8)2-3-5(10)6(7)9/h2-3H,10H2,1H3. The third kappa shape index (κ3) is 1.68. The van der Waals surface area contributed by atoms with Gasteiger partial charge in [-0.3, -0.25) is 0 Å². The van der Waals surface area contributed by atoms with Crippen molar-refractivity contribution in [1.29, 1.82) is 0 Å². The highest BCUT2D eigenvalue weighted by atomic mass is 79.9. The van der Waals surface area contributed by atoms with Crippen molar-refractivity contribution in [1.82, 2.24) is 0 Å². The average Bonchev–Trinajstić information content (AvgIpc) is 1.99. The molecule has 0 aliphatic rings. The molecule has 60 valence electrons. The first-order valence-corrected chi connectivity index (χ1v) is 4.53. The molecule has 0 saturated carbocycles. The van der Waals surface area contributed by atoms with Crippen LogP contribution >= 0.6 is 31.9 Å². The number of rotatable bonds is 1. The highest BCUT2D eigenvalue weighted by molar-refractivity contribution is 9.11. The molecule has 2 nitrogen and oxygen atoms in total. The maximum Gasteiger partial charge on any atom is 0.149 e. The van der Waals surface area contributed by atoms with Crippen LogP contribution in [0.25, 0.3) is 0 Å². The van der Waals surface area contributed by atoms with Crippen molar-refractivity contribution >= 4 is 37.5 Å². The van der Waals surface area contributed by atoms with E-state index < -0.39 is 0 Å². The second-order valence-corrected chi connectivity index (χ2v) is 3.63. The molecule has 0 spiro atoms. The molecule has 0 atom stereocenters. The molecule has 0 aromatic heterocycles. The molecule has 2 N–H and O–H groups in total. The molecular formula is C7H7Br2NO. The largest absolute Gasteiger partial charge is 0.494 e. The first kappa shape index (κ1) is 8.87. The molecule has 0 amide bonds. The van der Waals surface area contributed by atoms with Gasteiger partial charge in [-0.25, -0.2) is 0 Å². The summed E-state index contributed by atoms with van der Waals surface area (Å²) >= 11 is 6.64. The van der Waals surface area contributed by atoms with Gasteiger partial charge in [0.1, 0.15) is 5.75 Å². The van der Waals surface area contributed by atoms with Crippen LogP contribution in [0.5, 0.6) is 5.75 Å². The molecule has 0 heterocycles. The van der Waals surface area contributed by atoms with E-state index in [0.717, 1.165) is 14.7 Å². The Hall–Kier alpha value is -0.220. The van der Waals surface area contributed by atoms with Crippen LogP contribution in [0.15, 0.2) is 21.1 Å². The van der Waals surface area contributed by atoms with E-state index in [1.807, 2.05) is 6.07 Å². The van der Waals surface area contributed by atoms with E-state index in [4.69, 9.17) is 10.5 Å². The van der Waals surface area contributed by atoms with Crippen molar-refractivity contribution in [2.45, 2.75) is 0 Å². The molecule has 0 bridgehead atoms. The number of nitrogens with two attached hydrogens (primary N) is 1. The zero-order valence-corrected chi connectivity index (χ0v) is 9.07. The van der Waals surface area contributed by atoms with Crippen LogP contribution in [-0.4, -0.2) is 7.11 Å². The SMILES string of the molecule is COc1c(Br)ccc(N)c1Br.